The molecule has 1 aliphatic heterocycles. The number of amides is 1. The van der Waals surface area contributed by atoms with Crippen molar-refractivity contribution >= 4 is 5.91 Å². The summed E-state index contributed by atoms with van der Waals surface area (Å²) in [4.78, 5) is 14.7. The molecular weight excluding hydrogens is 248 g/mol. The molecule has 2 fully saturated rings. The van der Waals surface area contributed by atoms with Gasteiger partial charge in [0.25, 0.3) is 0 Å². The Labute approximate surface area is 124 Å². The second-order valence-corrected chi connectivity index (χ2v) is 7.02. The van der Waals surface area contributed by atoms with E-state index in [2.05, 4.69) is 31.0 Å². The Kier molecular flexibility index (Phi) is 5.88. The van der Waals surface area contributed by atoms with Gasteiger partial charge in [0.1, 0.15) is 0 Å². The van der Waals surface area contributed by atoms with Gasteiger partial charge in [-0.2, -0.15) is 0 Å². The highest BCUT2D eigenvalue weighted by Crippen LogP contribution is 2.28. The Morgan fingerprint density at radius 2 is 1.90 bits per heavy atom. The first kappa shape index (κ1) is 15.8. The van der Waals surface area contributed by atoms with Crippen LogP contribution in [0, 0.1) is 11.8 Å². The van der Waals surface area contributed by atoms with E-state index >= 15 is 0 Å². The van der Waals surface area contributed by atoms with E-state index in [0.717, 1.165) is 25.3 Å². The Hall–Kier alpha value is -0.570. The molecule has 1 saturated heterocycles. The zero-order valence-electron chi connectivity index (χ0n) is 13.5. The van der Waals surface area contributed by atoms with Crippen LogP contribution in [0.2, 0.25) is 0 Å². The van der Waals surface area contributed by atoms with Gasteiger partial charge in [-0.3, -0.25) is 10.1 Å². The summed E-state index contributed by atoms with van der Waals surface area (Å²) in [6, 6.07) is 0.0683. The average Bonchev–Trinajstić information content (AvgIpc) is 2.75. The maximum Gasteiger partial charge on any atom is 0.241 e. The lowest BCUT2D eigenvalue weighted by atomic mass is 9.87. The fourth-order valence-corrected chi connectivity index (χ4v) is 3.80. The van der Waals surface area contributed by atoms with E-state index in [4.69, 9.17) is 0 Å². The number of nitrogens with zero attached hydrogens (tertiary/aromatic N) is 1. The molecule has 1 saturated carbocycles. The van der Waals surface area contributed by atoms with Crippen LogP contribution in [0.1, 0.15) is 72.1 Å². The highest BCUT2D eigenvalue weighted by molar-refractivity contribution is 5.84. The molecule has 2 aliphatic rings. The summed E-state index contributed by atoms with van der Waals surface area (Å²) in [7, 11) is 0. The summed E-state index contributed by atoms with van der Waals surface area (Å²) >= 11 is 0. The van der Waals surface area contributed by atoms with Gasteiger partial charge >= 0.3 is 0 Å². The molecule has 0 aromatic carbocycles. The van der Waals surface area contributed by atoms with Crippen molar-refractivity contribution in [2.45, 2.75) is 84.3 Å². The van der Waals surface area contributed by atoms with Crippen LogP contribution < -0.4 is 5.32 Å². The van der Waals surface area contributed by atoms with E-state index in [9.17, 15) is 4.79 Å². The summed E-state index contributed by atoms with van der Waals surface area (Å²) in [5.41, 5.74) is 0. The third kappa shape index (κ3) is 3.75. The molecule has 0 radical (unpaired) electrons. The van der Waals surface area contributed by atoms with Gasteiger partial charge in [0.2, 0.25) is 5.91 Å². The largest absolute Gasteiger partial charge is 0.326 e. The van der Waals surface area contributed by atoms with E-state index in [-0.39, 0.29) is 12.2 Å². The van der Waals surface area contributed by atoms with Crippen LogP contribution in [0.5, 0.6) is 0 Å². The number of rotatable bonds is 6. The van der Waals surface area contributed by atoms with E-state index in [0.29, 0.717) is 11.8 Å². The normalized spacial score (nSPS) is 28.6. The summed E-state index contributed by atoms with van der Waals surface area (Å²) in [6.07, 6.45) is 10.4. The minimum Gasteiger partial charge on any atom is -0.326 e. The second kappa shape index (κ2) is 7.44. The van der Waals surface area contributed by atoms with Gasteiger partial charge in [0, 0.05) is 6.54 Å². The van der Waals surface area contributed by atoms with Crippen molar-refractivity contribution in [2.75, 3.05) is 6.54 Å². The molecule has 1 heterocycles. The van der Waals surface area contributed by atoms with Gasteiger partial charge in [-0.05, 0) is 24.7 Å². The smallest absolute Gasteiger partial charge is 0.241 e. The van der Waals surface area contributed by atoms with Crippen LogP contribution in [0.4, 0.5) is 0 Å². The third-order valence-electron chi connectivity index (χ3n) is 5.00. The molecule has 0 spiro atoms. The molecule has 20 heavy (non-hydrogen) atoms. The van der Waals surface area contributed by atoms with Gasteiger partial charge in [-0.15, -0.1) is 0 Å². The van der Waals surface area contributed by atoms with Crippen LogP contribution in [0.15, 0.2) is 0 Å². The second-order valence-electron chi connectivity index (χ2n) is 7.02. The standard InChI is InChI=1S/C17H32N2O/c1-4-8-15-17(20)19(16(18-15)13(2)3)12-11-14-9-6-5-7-10-14/h13-16,18H,4-12H2,1-3H3. The highest BCUT2D eigenvalue weighted by Gasteiger charge is 2.39. The quantitative estimate of drug-likeness (QED) is 0.807. The fraction of sp³-hybridized carbons (Fsp3) is 0.941. The van der Waals surface area contributed by atoms with Crippen LogP contribution in [-0.4, -0.2) is 29.6 Å². The van der Waals surface area contributed by atoms with Gasteiger partial charge in [-0.25, -0.2) is 0 Å². The van der Waals surface area contributed by atoms with Crippen molar-refractivity contribution in [3.63, 3.8) is 0 Å². The van der Waals surface area contributed by atoms with Crippen molar-refractivity contribution in [2.24, 2.45) is 11.8 Å². The average molecular weight is 280 g/mol. The maximum atomic E-state index is 12.5. The van der Waals surface area contributed by atoms with Crippen molar-refractivity contribution < 1.29 is 4.79 Å². The minimum absolute atomic E-state index is 0.0683. The predicted molar refractivity (Wildman–Crippen MR) is 83.4 cm³/mol. The first-order valence-electron chi connectivity index (χ1n) is 8.70. The summed E-state index contributed by atoms with van der Waals surface area (Å²) < 4.78 is 0. The van der Waals surface area contributed by atoms with Crippen LogP contribution in [0.3, 0.4) is 0 Å². The summed E-state index contributed by atoms with van der Waals surface area (Å²) in [6.45, 7) is 7.54. The Morgan fingerprint density at radius 3 is 2.50 bits per heavy atom. The van der Waals surface area contributed by atoms with Crippen LogP contribution in [-0.2, 0) is 4.79 Å². The lowest BCUT2D eigenvalue weighted by Gasteiger charge is -2.30. The number of hydrogen-bond acceptors (Lipinski definition) is 2. The van der Waals surface area contributed by atoms with Gasteiger partial charge < -0.3 is 4.90 Å². The third-order valence-corrected chi connectivity index (χ3v) is 5.00. The molecule has 3 heteroatoms. The first-order chi connectivity index (χ1) is 9.63. The maximum absolute atomic E-state index is 12.5. The van der Waals surface area contributed by atoms with Crippen molar-refractivity contribution in [1.82, 2.24) is 10.2 Å². The predicted octanol–water partition coefficient (Wildman–Crippen LogP) is 3.54. The van der Waals surface area contributed by atoms with E-state index < -0.39 is 0 Å². The number of carbonyl (C=O) groups excluding carboxylic acids is 1. The van der Waals surface area contributed by atoms with Gasteiger partial charge in [0.05, 0.1) is 12.2 Å². The Bertz CT molecular complexity index is 310. The molecule has 0 bridgehead atoms. The SMILES string of the molecule is CCCC1NC(C(C)C)N(CCC2CCCCC2)C1=O. The molecule has 0 aromatic rings. The van der Waals surface area contributed by atoms with Crippen molar-refractivity contribution in [3.05, 3.63) is 0 Å². The molecule has 2 atom stereocenters. The fourth-order valence-electron chi connectivity index (χ4n) is 3.80. The topological polar surface area (TPSA) is 32.3 Å². The minimum atomic E-state index is 0.0683. The molecule has 2 rings (SSSR count). The van der Waals surface area contributed by atoms with E-state index in [1.807, 2.05) is 0 Å². The molecule has 3 nitrogen and oxygen atoms in total. The zero-order chi connectivity index (χ0) is 14.5. The van der Waals surface area contributed by atoms with Crippen molar-refractivity contribution in [1.29, 1.82) is 0 Å². The number of carbonyl (C=O) groups is 1. The summed E-state index contributed by atoms with van der Waals surface area (Å²) in [5.74, 6) is 1.70. The summed E-state index contributed by atoms with van der Waals surface area (Å²) in [5, 5.41) is 3.56. The lowest BCUT2D eigenvalue weighted by Crippen LogP contribution is -2.42. The molecule has 116 valence electrons. The monoisotopic (exact) mass is 280 g/mol. The highest BCUT2D eigenvalue weighted by atomic mass is 16.2. The first-order valence-corrected chi connectivity index (χ1v) is 8.70. The zero-order valence-corrected chi connectivity index (χ0v) is 13.5. The van der Waals surface area contributed by atoms with E-state index in [1.165, 1.54) is 38.5 Å². The molecule has 0 aromatic heterocycles. The Balaban J connectivity index is 1.90. The molecular formula is C17H32N2O. The van der Waals surface area contributed by atoms with Crippen molar-refractivity contribution in [3.8, 4) is 0 Å². The lowest BCUT2D eigenvalue weighted by molar-refractivity contribution is -0.130. The van der Waals surface area contributed by atoms with Gasteiger partial charge in [0.15, 0.2) is 0 Å². The molecule has 1 amide bonds. The van der Waals surface area contributed by atoms with Crippen LogP contribution in [0.25, 0.3) is 0 Å². The molecule has 2 unspecified atom stereocenters. The number of nitrogens with one attached hydrogen (secondary N) is 1. The molecule has 1 N–H and O–H groups in total. The number of hydrogen-bond donors (Lipinski definition) is 1. The van der Waals surface area contributed by atoms with E-state index in [1.54, 1.807) is 0 Å². The van der Waals surface area contributed by atoms with Gasteiger partial charge in [-0.1, -0.05) is 59.3 Å². The van der Waals surface area contributed by atoms with Crippen LogP contribution >= 0.6 is 0 Å². The Morgan fingerprint density at radius 1 is 1.20 bits per heavy atom. The molecule has 1 aliphatic carbocycles.